The molecule has 2 N–H and O–H groups in total. The van der Waals surface area contributed by atoms with Gasteiger partial charge in [0.15, 0.2) is 0 Å². The Morgan fingerprint density at radius 2 is 2.04 bits per heavy atom. The van der Waals surface area contributed by atoms with E-state index in [1.165, 1.54) is 12.8 Å². The highest BCUT2D eigenvalue weighted by molar-refractivity contribution is 6.30. The second-order valence-corrected chi connectivity index (χ2v) is 7.21. The summed E-state index contributed by atoms with van der Waals surface area (Å²) in [4.78, 5) is 18.5. The number of primary amides is 1. The number of carbonyl (C=O) groups excluding carboxylic acids is 1. The number of piperidine rings is 3. The van der Waals surface area contributed by atoms with Gasteiger partial charge in [-0.15, -0.1) is 0 Å². The summed E-state index contributed by atoms with van der Waals surface area (Å²) >= 11 is 5.86. The molecule has 0 saturated carbocycles. The van der Waals surface area contributed by atoms with E-state index in [2.05, 4.69) is 9.88 Å². The van der Waals surface area contributed by atoms with Gasteiger partial charge in [0.1, 0.15) is 5.75 Å². The monoisotopic (exact) mass is 357 g/mol. The summed E-state index contributed by atoms with van der Waals surface area (Å²) in [5, 5.41) is 0.560. The fourth-order valence-corrected chi connectivity index (χ4v) is 4.11. The normalized spacial score (nSPS) is 24.9. The van der Waals surface area contributed by atoms with Crippen LogP contribution in [0.1, 0.15) is 34.7 Å². The van der Waals surface area contributed by atoms with Crippen molar-refractivity contribution in [3.05, 3.63) is 52.7 Å². The van der Waals surface area contributed by atoms with E-state index in [0.29, 0.717) is 34.1 Å². The standard InChI is InChI=1S/C19H20ClN3O2/c20-13-1-4-18(22-10-13)25-14-2-3-15(19(21)24)16(9-14)17-11-23-7-5-12(17)6-8-23/h1-4,9-10,12,17H,5-8,11H2,(H2,21,24). The van der Waals surface area contributed by atoms with Gasteiger partial charge >= 0.3 is 0 Å². The van der Waals surface area contributed by atoms with Gasteiger partial charge in [-0.2, -0.15) is 0 Å². The van der Waals surface area contributed by atoms with Gasteiger partial charge in [-0.05, 0) is 61.7 Å². The molecular weight excluding hydrogens is 338 g/mol. The highest BCUT2D eigenvalue weighted by Gasteiger charge is 2.36. The maximum atomic E-state index is 11.9. The molecule has 0 radical (unpaired) electrons. The quantitative estimate of drug-likeness (QED) is 0.910. The minimum Gasteiger partial charge on any atom is -0.439 e. The van der Waals surface area contributed by atoms with Crippen LogP contribution in [0, 0.1) is 5.92 Å². The Bertz CT molecular complexity index is 786. The molecule has 1 amide bonds. The molecule has 3 saturated heterocycles. The van der Waals surface area contributed by atoms with Crippen molar-refractivity contribution in [2.24, 2.45) is 11.7 Å². The van der Waals surface area contributed by atoms with E-state index in [1.807, 2.05) is 6.07 Å². The van der Waals surface area contributed by atoms with Crippen molar-refractivity contribution >= 4 is 17.5 Å². The average molecular weight is 358 g/mol. The highest BCUT2D eigenvalue weighted by atomic mass is 35.5. The number of rotatable bonds is 4. The van der Waals surface area contributed by atoms with Gasteiger partial charge in [0.25, 0.3) is 0 Å². The number of aromatic nitrogens is 1. The summed E-state index contributed by atoms with van der Waals surface area (Å²) in [6.45, 7) is 3.28. The lowest BCUT2D eigenvalue weighted by atomic mass is 9.74. The molecule has 3 aliphatic rings. The lowest BCUT2D eigenvalue weighted by Crippen LogP contribution is -2.46. The second-order valence-electron chi connectivity index (χ2n) is 6.77. The predicted octanol–water partition coefficient (Wildman–Crippen LogP) is 3.44. The van der Waals surface area contributed by atoms with Crippen LogP contribution < -0.4 is 10.5 Å². The van der Waals surface area contributed by atoms with Gasteiger partial charge in [-0.3, -0.25) is 4.79 Å². The summed E-state index contributed by atoms with van der Waals surface area (Å²) in [5.41, 5.74) is 7.20. The third-order valence-electron chi connectivity index (χ3n) is 5.27. The van der Waals surface area contributed by atoms with Crippen LogP contribution in [0.15, 0.2) is 36.5 Å². The molecule has 5 nitrogen and oxygen atoms in total. The van der Waals surface area contributed by atoms with Crippen LogP contribution in [0.4, 0.5) is 0 Å². The van der Waals surface area contributed by atoms with Crippen molar-refractivity contribution in [2.45, 2.75) is 18.8 Å². The summed E-state index contributed by atoms with van der Waals surface area (Å²) in [7, 11) is 0. The number of ether oxygens (including phenoxy) is 1. The van der Waals surface area contributed by atoms with Gasteiger partial charge in [0.05, 0.1) is 5.02 Å². The van der Waals surface area contributed by atoms with E-state index in [9.17, 15) is 4.79 Å². The fourth-order valence-electron chi connectivity index (χ4n) is 4.00. The molecule has 130 valence electrons. The maximum Gasteiger partial charge on any atom is 0.248 e. The molecule has 0 aliphatic carbocycles. The van der Waals surface area contributed by atoms with E-state index in [4.69, 9.17) is 22.1 Å². The minimum absolute atomic E-state index is 0.326. The molecule has 1 aromatic heterocycles. The zero-order valence-corrected chi connectivity index (χ0v) is 14.6. The predicted molar refractivity (Wildman–Crippen MR) is 96.2 cm³/mol. The van der Waals surface area contributed by atoms with E-state index < -0.39 is 0 Å². The summed E-state index contributed by atoms with van der Waals surface area (Å²) in [6, 6.07) is 8.93. The SMILES string of the molecule is NC(=O)c1ccc(Oc2ccc(Cl)cn2)cc1C1CN2CCC1CC2. The van der Waals surface area contributed by atoms with Gasteiger partial charge in [-0.1, -0.05) is 11.6 Å². The van der Waals surface area contributed by atoms with Gasteiger partial charge in [0.2, 0.25) is 11.8 Å². The topological polar surface area (TPSA) is 68.5 Å². The third-order valence-corrected chi connectivity index (χ3v) is 5.49. The van der Waals surface area contributed by atoms with Crippen LogP contribution in [-0.4, -0.2) is 35.4 Å². The molecule has 4 heterocycles. The van der Waals surface area contributed by atoms with Crippen molar-refractivity contribution < 1.29 is 9.53 Å². The molecule has 5 rings (SSSR count). The Kier molecular flexibility index (Phi) is 4.36. The molecule has 1 unspecified atom stereocenters. The molecule has 0 spiro atoms. The molecule has 25 heavy (non-hydrogen) atoms. The largest absolute Gasteiger partial charge is 0.439 e. The number of nitrogens with zero attached hydrogens (tertiary/aromatic N) is 2. The van der Waals surface area contributed by atoms with Crippen molar-refractivity contribution in [1.29, 1.82) is 0 Å². The first-order valence-electron chi connectivity index (χ1n) is 8.55. The number of fused-ring (bicyclic) bond motifs is 3. The van der Waals surface area contributed by atoms with Crippen molar-refractivity contribution in [2.75, 3.05) is 19.6 Å². The summed E-state index contributed by atoms with van der Waals surface area (Å²) in [6.07, 6.45) is 3.89. The first-order valence-corrected chi connectivity index (χ1v) is 8.93. The maximum absolute atomic E-state index is 11.9. The van der Waals surface area contributed by atoms with Crippen LogP contribution in [-0.2, 0) is 0 Å². The molecule has 1 atom stereocenters. The average Bonchev–Trinajstić information content (AvgIpc) is 2.64. The zero-order valence-electron chi connectivity index (χ0n) is 13.8. The van der Waals surface area contributed by atoms with Crippen LogP contribution in [0.3, 0.4) is 0 Å². The van der Waals surface area contributed by atoms with Gasteiger partial charge in [0, 0.05) is 30.3 Å². The Morgan fingerprint density at radius 1 is 1.24 bits per heavy atom. The Hall–Kier alpha value is -2.11. The molecule has 1 aromatic carbocycles. The summed E-state index contributed by atoms with van der Waals surface area (Å²) < 4.78 is 5.84. The molecule has 6 heteroatoms. The lowest BCUT2D eigenvalue weighted by molar-refractivity contribution is 0.0855. The number of carbonyl (C=O) groups is 1. The Morgan fingerprint density at radius 3 is 2.64 bits per heavy atom. The van der Waals surface area contributed by atoms with Crippen LogP contribution in [0.5, 0.6) is 11.6 Å². The number of nitrogens with two attached hydrogens (primary N) is 1. The number of halogens is 1. The van der Waals surface area contributed by atoms with Crippen molar-refractivity contribution in [3.63, 3.8) is 0 Å². The van der Waals surface area contributed by atoms with Crippen LogP contribution >= 0.6 is 11.6 Å². The number of hydrogen-bond acceptors (Lipinski definition) is 4. The van der Waals surface area contributed by atoms with E-state index in [1.54, 1.807) is 30.5 Å². The molecule has 3 fully saturated rings. The van der Waals surface area contributed by atoms with E-state index in [0.717, 1.165) is 25.2 Å². The minimum atomic E-state index is -0.386. The molecule has 2 bridgehead atoms. The first-order chi connectivity index (χ1) is 12.1. The highest BCUT2D eigenvalue weighted by Crippen LogP contribution is 2.41. The Labute approximate surface area is 151 Å². The lowest BCUT2D eigenvalue weighted by Gasteiger charge is -2.45. The van der Waals surface area contributed by atoms with E-state index in [-0.39, 0.29) is 5.91 Å². The number of hydrogen-bond donors (Lipinski definition) is 1. The van der Waals surface area contributed by atoms with Gasteiger partial charge in [-0.25, -0.2) is 4.98 Å². The number of benzene rings is 1. The summed E-state index contributed by atoms with van der Waals surface area (Å²) in [5.74, 6) is 1.67. The van der Waals surface area contributed by atoms with Crippen molar-refractivity contribution in [3.8, 4) is 11.6 Å². The molecule has 3 aliphatic heterocycles. The van der Waals surface area contributed by atoms with Crippen molar-refractivity contribution in [1.82, 2.24) is 9.88 Å². The Balaban J connectivity index is 1.66. The van der Waals surface area contributed by atoms with E-state index >= 15 is 0 Å². The van der Waals surface area contributed by atoms with Crippen LogP contribution in [0.2, 0.25) is 5.02 Å². The first kappa shape index (κ1) is 16.4. The zero-order chi connectivity index (χ0) is 17.4. The number of amides is 1. The fraction of sp³-hybridized carbons (Fsp3) is 0.368. The van der Waals surface area contributed by atoms with Crippen LogP contribution in [0.25, 0.3) is 0 Å². The molecule has 2 aromatic rings. The van der Waals surface area contributed by atoms with Gasteiger partial charge < -0.3 is 15.4 Å². The smallest absolute Gasteiger partial charge is 0.248 e. The molecular formula is C19H20ClN3O2. The second kappa shape index (κ2) is 6.65. The third kappa shape index (κ3) is 3.34. The number of pyridine rings is 1.